The van der Waals surface area contributed by atoms with Crippen LogP contribution in [-0.4, -0.2) is 19.6 Å². The molecule has 0 saturated carbocycles. The van der Waals surface area contributed by atoms with E-state index in [1.54, 1.807) is 10.9 Å². The van der Waals surface area contributed by atoms with Gasteiger partial charge in [-0.2, -0.15) is 10.2 Å². The molecule has 0 unspecified atom stereocenters. The van der Waals surface area contributed by atoms with Gasteiger partial charge in [0.1, 0.15) is 0 Å². The molecule has 2 heterocycles. The second kappa shape index (κ2) is 4.60. The topological polar surface area (TPSA) is 35.6 Å². The molecule has 0 spiro atoms. The molecule has 0 amide bonds. The molecular weight excluding hydrogens is 176 g/mol. The quantitative estimate of drug-likeness (QED) is 0.633. The fraction of sp³-hybridized carbons (Fsp3) is 0.400. The maximum absolute atomic E-state index is 4.13. The number of nitrogens with zero attached hydrogens (tertiary/aromatic N) is 4. The van der Waals surface area contributed by atoms with Crippen LogP contribution in [-0.2, 0) is 14.1 Å². The fourth-order valence-corrected chi connectivity index (χ4v) is 1.09. The number of hydrogen-bond acceptors (Lipinski definition) is 2. The monoisotopic (exact) mass is 192 g/mol. The molecular formula is C10H16N4. The third kappa shape index (κ3) is 3.05. The van der Waals surface area contributed by atoms with E-state index in [0.717, 1.165) is 5.69 Å². The van der Waals surface area contributed by atoms with Crippen molar-refractivity contribution in [3.8, 4) is 0 Å². The van der Waals surface area contributed by atoms with Gasteiger partial charge in [-0.1, -0.05) is 0 Å². The summed E-state index contributed by atoms with van der Waals surface area (Å²) in [6, 6.07) is 3.94. The highest BCUT2D eigenvalue weighted by molar-refractivity contribution is 5.05. The molecule has 0 bridgehead atoms. The number of hydrogen-bond donors (Lipinski definition) is 0. The van der Waals surface area contributed by atoms with Gasteiger partial charge in [0.2, 0.25) is 0 Å². The largest absolute Gasteiger partial charge is 0.276 e. The summed E-state index contributed by atoms with van der Waals surface area (Å²) in [7, 11) is 3.84. The maximum atomic E-state index is 4.13. The fourth-order valence-electron chi connectivity index (χ4n) is 1.09. The minimum Gasteiger partial charge on any atom is -0.276 e. The van der Waals surface area contributed by atoms with Crippen molar-refractivity contribution in [2.24, 2.45) is 14.1 Å². The highest BCUT2D eigenvalue weighted by Gasteiger charge is 1.91. The zero-order chi connectivity index (χ0) is 10.6. The van der Waals surface area contributed by atoms with E-state index in [1.165, 1.54) is 5.69 Å². The molecule has 14 heavy (non-hydrogen) atoms. The normalized spacial score (nSPS) is 9.43. The van der Waals surface area contributed by atoms with Gasteiger partial charge in [0.05, 0.1) is 5.69 Å². The van der Waals surface area contributed by atoms with Crippen LogP contribution in [0.5, 0.6) is 0 Å². The second-order valence-corrected chi connectivity index (χ2v) is 3.23. The predicted molar refractivity (Wildman–Crippen MR) is 55.9 cm³/mol. The SMILES string of the molecule is Cc1cc(C)n(C)n1.Cn1cccn1. The number of rotatable bonds is 0. The van der Waals surface area contributed by atoms with Crippen molar-refractivity contribution in [3.63, 3.8) is 0 Å². The summed E-state index contributed by atoms with van der Waals surface area (Å²) in [5.41, 5.74) is 2.30. The molecule has 4 nitrogen and oxygen atoms in total. The maximum Gasteiger partial charge on any atom is 0.0596 e. The summed E-state index contributed by atoms with van der Waals surface area (Å²) >= 11 is 0. The Morgan fingerprint density at radius 1 is 1.21 bits per heavy atom. The Hall–Kier alpha value is -1.58. The smallest absolute Gasteiger partial charge is 0.0596 e. The van der Waals surface area contributed by atoms with Crippen molar-refractivity contribution < 1.29 is 0 Å². The van der Waals surface area contributed by atoms with E-state index in [9.17, 15) is 0 Å². The first-order valence-corrected chi connectivity index (χ1v) is 4.50. The molecule has 0 aliphatic heterocycles. The van der Waals surface area contributed by atoms with Gasteiger partial charge >= 0.3 is 0 Å². The summed E-state index contributed by atoms with van der Waals surface area (Å²) in [6.45, 7) is 4.03. The van der Waals surface area contributed by atoms with E-state index in [1.807, 2.05) is 44.9 Å². The molecule has 2 aromatic rings. The van der Waals surface area contributed by atoms with Gasteiger partial charge in [0.25, 0.3) is 0 Å². The summed E-state index contributed by atoms with van der Waals surface area (Å²) in [4.78, 5) is 0. The van der Waals surface area contributed by atoms with Gasteiger partial charge in [-0.05, 0) is 26.0 Å². The molecule has 0 radical (unpaired) electrons. The highest BCUT2D eigenvalue weighted by Crippen LogP contribution is 1.97. The first-order valence-electron chi connectivity index (χ1n) is 4.50. The number of aromatic nitrogens is 4. The lowest BCUT2D eigenvalue weighted by atomic mass is 10.4. The van der Waals surface area contributed by atoms with Crippen molar-refractivity contribution in [2.45, 2.75) is 13.8 Å². The van der Waals surface area contributed by atoms with Gasteiger partial charge in [-0.25, -0.2) is 0 Å². The van der Waals surface area contributed by atoms with Crippen LogP contribution in [0.1, 0.15) is 11.4 Å². The lowest BCUT2D eigenvalue weighted by Crippen LogP contribution is -1.91. The standard InChI is InChI=1S/C6H10N2.C4H6N2/c1-5-4-6(2)8(3)7-5;1-6-4-2-3-5-6/h4H,1-3H3;2-4H,1H3. The Labute approximate surface area is 84.2 Å². The Kier molecular flexibility index (Phi) is 3.45. The summed E-state index contributed by atoms with van der Waals surface area (Å²) in [5, 5.41) is 7.96. The highest BCUT2D eigenvalue weighted by atomic mass is 15.3. The van der Waals surface area contributed by atoms with Crippen LogP contribution in [0.2, 0.25) is 0 Å². The van der Waals surface area contributed by atoms with Crippen molar-refractivity contribution in [1.29, 1.82) is 0 Å². The summed E-state index contributed by atoms with van der Waals surface area (Å²) in [5.74, 6) is 0. The van der Waals surface area contributed by atoms with Crippen LogP contribution < -0.4 is 0 Å². The molecule has 2 aromatic heterocycles. The Morgan fingerprint density at radius 3 is 2.07 bits per heavy atom. The van der Waals surface area contributed by atoms with Crippen molar-refractivity contribution in [2.75, 3.05) is 0 Å². The minimum absolute atomic E-state index is 1.09. The molecule has 2 rings (SSSR count). The van der Waals surface area contributed by atoms with Crippen molar-refractivity contribution in [3.05, 3.63) is 35.9 Å². The van der Waals surface area contributed by atoms with E-state index in [-0.39, 0.29) is 0 Å². The predicted octanol–water partition coefficient (Wildman–Crippen LogP) is 1.46. The molecule has 0 aromatic carbocycles. The molecule has 0 fully saturated rings. The van der Waals surface area contributed by atoms with E-state index in [2.05, 4.69) is 16.3 Å². The third-order valence-electron chi connectivity index (χ3n) is 1.87. The molecule has 0 aliphatic rings. The van der Waals surface area contributed by atoms with E-state index < -0.39 is 0 Å². The average molecular weight is 192 g/mol. The second-order valence-electron chi connectivity index (χ2n) is 3.23. The van der Waals surface area contributed by atoms with E-state index in [0.29, 0.717) is 0 Å². The van der Waals surface area contributed by atoms with Gasteiger partial charge in [-0.15, -0.1) is 0 Å². The van der Waals surface area contributed by atoms with Crippen LogP contribution in [0, 0.1) is 13.8 Å². The average Bonchev–Trinajstić information content (AvgIpc) is 2.65. The summed E-state index contributed by atoms with van der Waals surface area (Å²) in [6.07, 6.45) is 3.64. The lowest BCUT2D eigenvalue weighted by Gasteiger charge is -1.87. The van der Waals surface area contributed by atoms with Gasteiger partial charge in [0.15, 0.2) is 0 Å². The molecule has 0 aliphatic carbocycles. The zero-order valence-electron chi connectivity index (χ0n) is 9.10. The Balaban J connectivity index is 0.000000146. The number of aryl methyl sites for hydroxylation is 4. The van der Waals surface area contributed by atoms with Gasteiger partial charge in [0, 0.05) is 32.2 Å². The van der Waals surface area contributed by atoms with E-state index >= 15 is 0 Å². The van der Waals surface area contributed by atoms with Crippen LogP contribution >= 0.6 is 0 Å². The first-order chi connectivity index (χ1) is 6.59. The molecule has 0 saturated heterocycles. The van der Waals surface area contributed by atoms with Crippen molar-refractivity contribution in [1.82, 2.24) is 19.6 Å². The van der Waals surface area contributed by atoms with E-state index in [4.69, 9.17) is 0 Å². The minimum atomic E-state index is 1.09. The molecule has 4 heteroatoms. The van der Waals surface area contributed by atoms with Crippen molar-refractivity contribution >= 4 is 0 Å². The first kappa shape index (κ1) is 10.5. The van der Waals surface area contributed by atoms with Crippen LogP contribution in [0.25, 0.3) is 0 Å². The lowest BCUT2D eigenvalue weighted by molar-refractivity contribution is 0.731. The summed E-state index contributed by atoms with van der Waals surface area (Å²) < 4.78 is 3.62. The Morgan fingerprint density at radius 2 is 1.93 bits per heavy atom. The molecule has 0 N–H and O–H groups in total. The third-order valence-corrected chi connectivity index (χ3v) is 1.87. The van der Waals surface area contributed by atoms with Crippen LogP contribution in [0.3, 0.4) is 0 Å². The Bertz CT molecular complexity index is 353. The van der Waals surface area contributed by atoms with Crippen LogP contribution in [0.15, 0.2) is 24.5 Å². The van der Waals surface area contributed by atoms with Gasteiger partial charge < -0.3 is 0 Å². The zero-order valence-corrected chi connectivity index (χ0v) is 9.10. The van der Waals surface area contributed by atoms with Crippen LogP contribution in [0.4, 0.5) is 0 Å². The molecule has 0 atom stereocenters. The van der Waals surface area contributed by atoms with Gasteiger partial charge in [-0.3, -0.25) is 9.36 Å². The molecule has 76 valence electrons.